The van der Waals surface area contributed by atoms with Crippen molar-refractivity contribution in [2.45, 2.75) is 72.4 Å². The van der Waals surface area contributed by atoms with Crippen molar-refractivity contribution in [2.75, 3.05) is 13.1 Å². The molecule has 4 nitrogen and oxygen atoms in total. The number of carbonyl (C=O) groups is 1. The largest absolute Gasteiger partial charge is 0.475 e. The highest BCUT2D eigenvalue weighted by atomic mass is 16.5. The van der Waals surface area contributed by atoms with E-state index < -0.39 is 0 Å². The van der Waals surface area contributed by atoms with Crippen molar-refractivity contribution in [3.63, 3.8) is 0 Å². The summed E-state index contributed by atoms with van der Waals surface area (Å²) in [6.07, 6.45) is 8.53. The molecule has 0 saturated heterocycles. The first kappa shape index (κ1) is 24.1. The van der Waals surface area contributed by atoms with E-state index in [1.165, 1.54) is 25.7 Å². The predicted molar refractivity (Wildman–Crippen MR) is 133 cm³/mol. The fourth-order valence-electron chi connectivity index (χ4n) is 4.22. The lowest BCUT2D eigenvalue weighted by atomic mass is 10.0. The zero-order chi connectivity index (χ0) is 22.9. The second-order valence-corrected chi connectivity index (χ2v) is 8.44. The Labute approximate surface area is 193 Å². The van der Waals surface area contributed by atoms with Crippen molar-refractivity contribution in [2.24, 2.45) is 0 Å². The lowest BCUT2D eigenvalue weighted by Gasteiger charge is -2.31. The second-order valence-electron chi connectivity index (χ2n) is 8.44. The van der Waals surface area contributed by atoms with Gasteiger partial charge in [-0.3, -0.25) is 9.69 Å². The third kappa shape index (κ3) is 5.60. The van der Waals surface area contributed by atoms with Crippen molar-refractivity contribution in [3.8, 4) is 5.75 Å². The topological polar surface area (TPSA) is 34.0 Å². The zero-order valence-corrected chi connectivity index (χ0v) is 20.1. The number of aromatic nitrogens is 1. The molecule has 0 amide bonds. The number of pyridine rings is 1. The van der Waals surface area contributed by atoms with Gasteiger partial charge in [0, 0.05) is 30.4 Å². The minimum Gasteiger partial charge on any atom is -0.475 e. The molecular formula is C28H38N2O2. The number of carbonyl (C=O) groups excluding carboxylic acids is 1. The monoisotopic (exact) mass is 434 g/mol. The van der Waals surface area contributed by atoms with E-state index in [0.29, 0.717) is 5.56 Å². The summed E-state index contributed by atoms with van der Waals surface area (Å²) in [5.41, 5.74) is 3.58. The van der Waals surface area contributed by atoms with Gasteiger partial charge in [0.25, 0.3) is 0 Å². The molecule has 4 heteroatoms. The minimum atomic E-state index is 0.0548. The number of nitrogens with zero attached hydrogens (tertiary/aromatic N) is 2. The fourth-order valence-corrected chi connectivity index (χ4v) is 4.22. The quantitative estimate of drug-likeness (QED) is 0.220. The number of fused-ring (bicyclic) bond motifs is 1. The summed E-state index contributed by atoms with van der Waals surface area (Å²) in [5.74, 6) is 0.876. The molecule has 0 aliphatic carbocycles. The lowest BCUT2D eigenvalue weighted by Crippen LogP contribution is -2.40. The summed E-state index contributed by atoms with van der Waals surface area (Å²) in [4.78, 5) is 15.8. The second kappa shape index (κ2) is 11.9. The number of rotatable bonds is 13. The Morgan fingerprint density at radius 1 is 0.969 bits per heavy atom. The summed E-state index contributed by atoms with van der Waals surface area (Å²) < 4.78 is 8.37. The van der Waals surface area contributed by atoms with Crippen molar-refractivity contribution >= 4 is 11.3 Å². The summed E-state index contributed by atoms with van der Waals surface area (Å²) in [7, 11) is 0. The fraction of sp³-hybridized carbons (Fsp3) is 0.464. The average Bonchev–Trinajstić information content (AvgIpc) is 3.21. The standard InChI is InChI=1S/C28H38N2O2/c1-5-9-18-29(19-10-6-2)26(8-4)32-25-16-14-23(15-17-25)28(31)27-22(7-3)21-24-13-11-12-20-30(24)27/h11-17,20-21,26H,5-10,18-19H2,1-4H3. The van der Waals surface area contributed by atoms with Gasteiger partial charge in [0.1, 0.15) is 5.75 Å². The molecule has 3 rings (SSSR count). The highest BCUT2D eigenvalue weighted by Crippen LogP contribution is 2.23. The maximum absolute atomic E-state index is 13.4. The third-order valence-corrected chi connectivity index (χ3v) is 6.10. The van der Waals surface area contributed by atoms with Crippen LogP contribution >= 0.6 is 0 Å². The molecule has 0 fully saturated rings. The number of benzene rings is 1. The maximum Gasteiger partial charge on any atom is 0.210 e. The van der Waals surface area contributed by atoms with Crippen LogP contribution in [0.1, 0.15) is 81.4 Å². The van der Waals surface area contributed by atoms with E-state index >= 15 is 0 Å². The maximum atomic E-state index is 13.4. The van der Waals surface area contributed by atoms with Crippen LogP contribution in [0.5, 0.6) is 5.75 Å². The Balaban J connectivity index is 1.77. The molecule has 0 saturated carbocycles. The van der Waals surface area contributed by atoms with Crippen LogP contribution in [0.3, 0.4) is 0 Å². The van der Waals surface area contributed by atoms with E-state index in [1.54, 1.807) is 0 Å². The van der Waals surface area contributed by atoms with Gasteiger partial charge >= 0.3 is 0 Å². The van der Waals surface area contributed by atoms with E-state index in [9.17, 15) is 4.79 Å². The molecule has 2 heterocycles. The normalized spacial score (nSPS) is 12.4. The highest BCUT2D eigenvalue weighted by molar-refractivity contribution is 6.09. The van der Waals surface area contributed by atoms with Gasteiger partial charge in [-0.2, -0.15) is 0 Å². The summed E-state index contributed by atoms with van der Waals surface area (Å²) in [6, 6.07) is 15.8. The molecule has 1 aromatic carbocycles. The predicted octanol–water partition coefficient (Wildman–Crippen LogP) is 6.75. The van der Waals surface area contributed by atoms with Crippen LogP contribution in [0.25, 0.3) is 5.52 Å². The molecule has 3 aromatic rings. The molecule has 172 valence electrons. The summed E-state index contributed by atoms with van der Waals surface area (Å²) >= 11 is 0. The average molecular weight is 435 g/mol. The van der Waals surface area contributed by atoms with Crippen LogP contribution in [0.2, 0.25) is 0 Å². The van der Waals surface area contributed by atoms with Gasteiger partial charge in [0.05, 0.1) is 5.69 Å². The van der Waals surface area contributed by atoms with Crippen molar-refractivity contribution in [1.82, 2.24) is 9.30 Å². The Bertz CT molecular complexity index is 982. The van der Waals surface area contributed by atoms with Crippen LogP contribution in [0.4, 0.5) is 0 Å². The smallest absolute Gasteiger partial charge is 0.210 e. The first-order chi connectivity index (χ1) is 15.6. The number of ketones is 1. The molecule has 1 atom stereocenters. The number of unbranched alkanes of at least 4 members (excludes halogenated alkanes) is 2. The zero-order valence-electron chi connectivity index (χ0n) is 20.1. The molecular weight excluding hydrogens is 396 g/mol. The van der Waals surface area contributed by atoms with E-state index in [4.69, 9.17) is 4.74 Å². The molecule has 1 unspecified atom stereocenters. The van der Waals surface area contributed by atoms with Crippen LogP contribution in [0.15, 0.2) is 54.7 Å². The SMILES string of the molecule is CCCCN(CCCC)C(CC)Oc1ccc(C(=O)c2c(CC)cc3ccccn23)cc1. The Kier molecular flexibility index (Phi) is 8.92. The number of aryl methyl sites for hydroxylation is 1. The molecule has 0 aliphatic rings. The van der Waals surface area contributed by atoms with E-state index in [0.717, 1.165) is 48.5 Å². The van der Waals surface area contributed by atoms with Crippen molar-refractivity contribution < 1.29 is 9.53 Å². The first-order valence-electron chi connectivity index (χ1n) is 12.3. The highest BCUT2D eigenvalue weighted by Gasteiger charge is 2.20. The number of hydrogen-bond acceptors (Lipinski definition) is 3. The van der Waals surface area contributed by atoms with E-state index in [1.807, 2.05) is 53.1 Å². The Hall–Kier alpha value is -2.59. The minimum absolute atomic E-state index is 0.0548. The van der Waals surface area contributed by atoms with Crippen LogP contribution in [0, 0.1) is 0 Å². The van der Waals surface area contributed by atoms with Gasteiger partial charge < -0.3 is 9.14 Å². The van der Waals surface area contributed by atoms with Gasteiger partial charge in [-0.15, -0.1) is 0 Å². The summed E-state index contributed by atoms with van der Waals surface area (Å²) in [6.45, 7) is 10.9. The van der Waals surface area contributed by atoms with E-state index in [2.05, 4.69) is 38.7 Å². The number of hydrogen-bond donors (Lipinski definition) is 0. The summed E-state index contributed by atoms with van der Waals surface area (Å²) in [5, 5.41) is 0. The van der Waals surface area contributed by atoms with Crippen molar-refractivity contribution in [1.29, 1.82) is 0 Å². The Morgan fingerprint density at radius 2 is 1.66 bits per heavy atom. The molecule has 32 heavy (non-hydrogen) atoms. The lowest BCUT2D eigenvalue weighted by molar-refractivity contribution is 0.0202. The number of ether oxygens (including phenoxy) is 1. The molecule has 2 aromatic heterocycles. The van der Waals surface area contributed by atoms with Gasteiger partial charge in [0.15, 0.2) is 6.23 Å². The molecule has 0 bridgehead atoms. The van der Waals surface area contributed by atoms with E-state index in [-0.39, 0.29) is 12.0 Å². The van der Waals surface area contributed by atoms with Crippen molar-refractivity contribution in [3.05, 3.63) is 71.5 Å². The molecule has 0 N–H and O–H groups in total. The molecule has 0 spiro atoms. The van der Waals surface area contributed by atoms with Crippen LogP contribution in [-0.4, -0.2) is 34.4 Å². The third-order valence-electron chi connectivity index (χ3n) is 6.10. The van der Waals surface area contributed by atoms with Gasteiger partial charge in [0.2, 0.25) is 5.78 Å². The van der Waals surface area contributed by atoms with Gasteiger partial charge in [-0.25, -0.2) is 0 Å². The first-order valence-corrected chi connectivity index (χ1v) is 12.3. The molecule has 0 radical (unpaired) electrons. The van der Waals surface area contributed by atoms with Crippen LogP contribution < -0.4 is 4.74 Å². The van der Waals surface area contributed by atoms with Crippen LogP contribution in [-0.2, 0) is 6.42 Å². The Morgan fingerprint density at radius 3 is 2.25 bits per heavy atom. The van der Waals surface area contributed by atoms with Gasteiger partial charge in [-0.1, -0.05) is 46.6 Å². The van der Waals surface area contributed by atoms with Gasteiger partial charge in [-0.05, 0) is 73.7 Å². The molecule has 0 aliphatic heterocycles.